The van der Waals surface area contributed by atoms with E-state index < -0.39 is 0 Å². The summed E-state index contributed by atoms with van der Waals surface area (Å²) >= 11 is 1.84. The zero-order valence-corrected chi connectivity index (χ0v) is 8.96. The monoisotopic (exact) mass is 221 g/mol. The minimum Gasteiger partial charge on any atom is -0.267 e. The fourth-order valence-electron chi connectivity index (χ4n) is 1.23. The maximum absolute atomic E-state index is 11.5. The predicted octanol–water partition coefficient (Wildman–Crippen LogP) is 1.30. The molecule has 2 heterocycles. The van der Waals surface area contributed by atoms with E-state index in [4.69, 9.17) is 0 Å². The van der Waals surface area contributed by atoms with Crippen LogP contribution in [0.4, 0.5) is 0 Å². The van der Waals surface area contributed by atoms with Gasteiger partial charge >= 0.3 is 0 Å². The molecular formula is C10H11N3OS. The number of amides is 1. The lowest BCUT2D eigenvalue weighted by Crippen LogP contribution is -2.19. The van der Waals surface area contributed by atoms with E-state index in [1.807, 2.05) is 11.8 Å². The number of hydrogen-bond acceptors (Lipinski definition) is 4. The highest BCUT2D eigenvalue weighted by Crippen LogP contribution is 2.13. The first-order chi connectivity index (χ1) is 7.36. The molecule has 1 amide bonds. The molecule has 0 bridgehead atoms. The Morgan fingerprint density at radius 1 is 1.60 bits per heavy atom. The normalized spacial score (nSPS) is 18.0. The van der Waals surface area contributed by atoms with Crippen molar-refractivity contribution in [1.82, 2.24) is 10.4 Å². The molecule has 0 aliphatic carbocycles. The van der Waals surface area contributed by atoms with Crippen molar-refractivity contribution in [3.63, 3.8) is 0 Å². The number of hydrogen-bond donors (Lipinski definition) is 1. The number of nitrogens with zero attached hydrogens (tertiary/aromatic N) is 2. The molecule has 15 heavy (non-hydrogen) atoms. The third-order valence-corrected chi connectivity index (χ3v) is 3.07. The highest BCUT2D eigenvalue weighted by atomic mass is 32.2. The minimum atomic E-state index is -0.201. The number of carbonyl (C=O) groups excluding carboxylic acids is 1. The van der Waals surface area contributed by atoms with Crippen molar-refractivity contribution in [3.8, 4) is 0 Å². The van der Waals surface area contributed by atoms with Gasteiger partial charge < -0.3 is 0 Å². The number of aromatic nitrogens is 1. The molecule has 1 N–H and O–H groups in total. The third kappa shape index (κ3) is 2.79. The van der Waals surface area contributed by atoms with Crippen LogP contribution >= 0.6 is 11.8 Å². The molecule has 2 rings (SSSR count). The zero-order chi connectivity index (χ0) is 10.5. The smallest absolute Gasteiger partial charge is 0.267 e. The average Bonchev–Trinajstić information content (AvgIpc) is 2.80. The Balaban J connectivity index is 1.95. The molecule has 5 heteroatoms. The van der Waals surface area contributed by atoms with Gasteiger partial charge in [-0.25, -0.2) is 5.43 Å². The van der Waals surface area contributed by atoms with E-state index in [1.165, 1.54) is 6.20 Å². The first-order valence-corrected chi connectivity index (χ1v) is 5.85. The van der Waals surface area contributed by atoms with Gasteiger partial charge in [0.25, 0.3) is 5.91 Å². The van der Waals surface area contributed by atoms with E-state index in [2.05, 4.69) is 15.5 Å². The van der Waals surface area contributed by atoms with Crippen molar-refractivity contribution in [1.29, 1.82) is 0 Å². The standard InChI is InChI=1S/C10H11N3OS/c14-10(8-2-1-4-11-6-8)13-12-9-3-5-15-7-9/h1-2,4,6H,3,5,7H2,(H,13,14)/b12-9+. The Labute approximate surface area is 92.2 Å². The molecule has 1 aromatic rings. The molecule has 1 saturated heterocycles. The summed E-state index contributed by atoms with van der Waals surface area (Å²) in [5.41, 5.74) is 4.12. The molecule has 0 aromatic carbocycles. The molecule has 4 nitrogen and oxygen atoms in total. The number of thioether (sulfide) groups is 1. The summed E-state index contributed by atoms with van der Waals surface area (Å²) in [6.45, 7) is 0. The van der Waals surface area contributed by atoms with Crippen LogP contribution in [0.15, 0.2) is 29.6 Å². The van der Waals surface area contributed by atoms with Crippen molar-refractivity contribution in [2.75, 3.05) is 11.5 Å². The lowest BCUT2D eigenvalue weighted by molar-refractivity contribution is 0.0954. The number of carbonyl (C=O) groups is 1. The Bertz CT molecular complexity index is 370. The maximum Gasteiger partial charge on any atom is 0.272 e. The molecule has 0 spiro atoms. The number of rotatable bonds is 2. The molecule has 78 valence electrons. The van der Waals surface area contributed by atoms with Crippen LogP contribution in [0.1, 0.15) is 16.8 Å². The zero-order valence-electron chi connectivity index (χ0n) is 8.14. The van der Waals surface area contributed by atoms with Crippen LogP contribution in [0.25, 0.3) is 0 Å². The summed E-state index contributed by atoms with van der Waals surface area (Å²) in [6.07, 6.45) is 4.13. The Morgan fingerprint density at radius 2 is 2.53 bits per heavy atom. The molecule has 0 unspecified atom stereocenters. The SMILES string of the molecule is O=C(N/N=C1\CCSC1)c1cccnc1. The number of nitrogens with one attached hydrogen (secondary N) is 1. The number of hydrazone groups is 1. The summed E-state index contributed by atoms with van der Waals surface area (Å²) < 4.78 is 0. The summed E-state index contributed by atoms with van der Waals surface area (Å²) in [4.78, 5) is 15.4. The van der Waals surface area contributed by atoms with Gasteiger partial charge in [-0.15, -0.1) is 0 Å². The van der Waals surface area contributed by atoms with Crippen LogP contribution in [-0.2, 0) is 0 Å². The van der Waals surface area contributed by atoms with E-state index >= 15 is 0 Å². The highest BCUT2D eigenvalue weighted by Gasteiger charge is 2.09. The van der Waals surface area contributed by atoms with Gasteiger partial charge in [-0.1, -0.05) is 0 Å². The number of pyridine rings is 1. The summed E-state index contributed by atoms with van der Waals surface area (Å²) in [6, 6.07) is 3.44. The Hall–Kier alpha value is -1.36. The predicted molar refractivity (Wildman–Crippen MR) is 61.1 cm³/mol. The molecule has 0 saturated carbocycles. The fraction of sp³-hybridized carbons (Fsp3) is 0.300. The first kappa shape index (κ1) is 10.2. The van der Waals surface area contributed by atoms with E-state index in [1.54, 1.807) is 18.3 Å². The van der Waals surface area contributed by atoms with Gasteiger partial charge in [-0.3, -0.25) is 9.78 Å². The maximum atomic E-state index is 11.5. The molecule has 0 radical (unpaired) electrons. The van der Waals surface area contributed by atoms with Gasteiger partial charge in [0.05, 0.1) is 5.56 Å². The first-order valence-electron chi connectivity index (χ1n) is 4.70. The van der Waals surface area contributed by atoms with Crippen molar-refractivity contribution < 1.29 is 4.79 Å². The second-order valence-corrected chi connectivity index (χ2v) is 4.27. The lowest BCUT2D eigenvalue weighted by atomic mass is 10.3. The molecule has 0 atom stereocenters. The van der Waals surface area contributed by atoms with Crippen LogP contribution in [0.3, 0.4) is 0 Å². The van der Waals surface area contributed by atoms with E-state index in [0.29, 0.717) is 5.56 Å². The second-order valence-electron chi connectivity index (χ2n) is 3.16. The van der Waals surface area contributed by atoms with Gasteiger partial charge in [0.1, 0.15) is 0 Å². The topological polar surface area (TPSA) is 54.4 Å². The van der Waals surface area contributed by atoms with E-state index in [-0.39, 0.29) is 5.91 Å². The van der Waals surface area contributed by atoms with Crippen LogP contribution in [0.2, 0.25) is 0 Å². The summed E-state index contributed by atoms with van der Waals surface area (Å²) in [5, 5.41) is 4.07. The molecule has 1 fully saturated rings. The minimum absolute atomic E-state index is 0.201. The van der Waals surface area contributed by atoms with Crippen molar-refractivity contribution in [3.05, 3.63) is 30.1 Å². The van der Waals surface area contributed by atoms with E-state index in [0.717, 1.165) is 23.6 Å². The van der Waals surface area contributed by atoms with Crippen molar-refractivity contribution in [2.24, 2.45) is 5.10 Å². The lowest BCUT2D eigenvalue weighted by Gasteiger charge is -1.99. The quantitative estimate of drug-likeness (QED) is 0.766. The van der Waals surface area contributed by atoms with Crippen LogP contribution in [-0.4, -0.2) is 28.1 Å². The Kier molecular flexibility index (Phi) is 3.34. The highest BCUT2D eigenvalue weighted by molar-refractivity contribution is 8.00. The van der Waals surface area contributed by atoms with Gasteiger partial charge in [0.2, 0.25) is 0 Å². The van der Waals surface area contributed by atoms with Gasteiger partial charge in [0.15, 0.2) is 0 Å². The summed E-state index contributed by atoms with van der Waals surface area (Å²) in [7, 11) is 0. The molecule has 1 aliphatic heterocycles. The van der Waals surface area contributed by atoms with Crippen molar-refractivity contribution in [2.45, 2.75) is 6.42 Å². The second kappa shape index (κ2) is 4.93. The largest absolute Gasteiger partial charge is 0.272 e. The van der Waals surface area contributed by atoms with Gasteiger partial charge in [-0.2, -0.15) is 16.9 Å². The van der Waals surface area contributed by atoms with Crippen molar-refractivity contribution >= 4 is 23.4 Å². The summed E-state index contributed by atoms with van der Waals surface area (Å²) in [5.74, 6) is 1.82. The van der Waals surface area contributed by atoms with Gasteiger partial charge in [0, 0.05) is 23.9 Å². The Morgan fingerprint density at radius 3 is 3.20 bits per heavy atom. The average molecular weight is 221 g/mol. The van der Waals surface area contributed by atoms with Gasteiger partial charge in [-0.05, 0) is 24.3 Å². The third-order valence-electron chi connectivity index (χ3n) is 2.04. The van der Waals surface area contributed by atoms with E-state index in [9.17, 15) is 4.79 Å². The fourth-order valence-corrected chi connectivity index (χ4v) is 2.20. The van der Waals surface area contributed by atoms with Crippen LogP contribution in [0.5, 0.6) is 0 Å². The van der Waals surface area contributed by atoms with Crippen LogP contribution < -0.4 is 5.43 Å². The van der Waals surface area contributed by atoms with Crippen LogP contribution in [0, 0.1) is 0 Å². The molecule has 1 aromatic heterocycles. The molecule has 1 aliphatic rings. The molecular weight excluding hydrogens is 210 g/mol.